The number of alkyl halides is 1. The summed E-state index contributed by atoms with van der Waals surface area (Å²) in [5.41, 5.74) is -0.108. The molecule has 62 valence electrons. The van der Waals surface area contributed by atoms with Gasteiger partial charge in [0.05, 0.1) is 0 Å². The van der Waals surface area contributed by atoms with Crippen molar-refractivity contribution in [2.45, 2.75) is 35.5 Å². The molecule has 2 aliphatic rings. The summed E-state index contributed by atoms with van der Waals surface area (Å²) in [6.07, 6.45) is 5.46. The Morgan fingerprint density at radius 1 is 1.27 bits per heavy atom. The summed E-state index contributed by atoms with van der Waals surface area (Å²) >= 11 is 8.09. The predicted octanol–water partition coefficient (Wildman–Crippen LogP) is 2.89. The minimum absolute atomic E-state index is 0.0893. The molecular formula is C8H10ClIO. The third kappa shape index (κ3) is 1.13. The first kappa shape index (κ1) is 8.30. The summed E-state index contributed by atoms with van der Waals surface area (Å²) in [6.45, 7) is 0. The Morgan fingerprint density at radius 2 is 1.82 bits per heavy atom. The van der Waals surface area contributed by atoms with E-state index in [1.165, 1.54) is 12.8 Å². The van der Waals surface area contributed by atoms with E-state index >= 15 is 0 Å². The number of fused-ring (bicyclic) bond motifs is 2. The Kier molecular flexibility index (Phi) is 1.77. The first-order valence-electron chi connectivity index (χ1n) is 3.95. The molecule has 0 spiro atoms. The minimum Gasteiger partial charge on any atom is -0.281 e. The van der Waals surface area contributed by atoms with Crippen molar-refractivity contribution in [3.05, 3.63) is 0 Å². The number of hydrogen-bond acceptors (Lipinski definition) is 1. The smallest absolute Gasteiger partial charge is 0.227 e. The fraction of sp³-hybridized carbons (Fsp3) is 0.875. The van der Waals surface area contributed by atoms with Crippen LogP contribution in [0.25, 0.3) is 0 Å². The monoisotopic (exact) mass is 284 g/mol. The quantitative estimate of drug-likeness (QED) is 0.411. The van der Waals surface area contributed by atoms with Gasteiger partial charge < -0.3 is 0 Å². The molecule has 0 saturated heterocycles. The van der Waals surface area contributed by atoms with E-state index in [2.05, 4.69) is 22.6 Å². The van der Waals surface area contributed by atoms with E-state index in [0.717, 1.165) is 19.3 Å². The zero-order valence-electron chi connectivity index (χ0n) is 6.20. The lowest BCUT2D eigenvalue weighted by Gasteiger charge is -2.21. The molecule has 2 fully saturated rings. The van der Waals surface area contributed by atoms with Gasteiger partial charge in [0.1, 0.15) is 0 Å². The van der Waals surface area contributed by atoms with E-state index in [1.807, 2.05) is 0 Å². The molecule has 0 aromatic carbocycles. The summed E-state index contributed by atoms with van der Waals surface area (Å²) in [5.74, 6) is 0. The molecule has 0 atom stereocenters. The van der Waals surface area contributed by atoms with Crippen molar-refractivity contribution in [2.75, 3.05) is 0 Å². The van der Waals surface area contributed by atoms with Gasteiger partial charge in [0.25, 0.3) is 0 Å². The van der Waals surface area contributed by atoms with E-state index in [4.69, 9.17) is 11.6 Å². The first-order chi connectivity index (χ1) is 5.06. The molecular weight excluding hydrogens is 274 g/mol. The van der Waals surface area contributed by atoms with Crippen molar-refractivity contribution in [3.63, 3.8) is 0 Å². The Balaban J connectivity index is 2.27. The normalized spacial score (nSPS) is 48.2. The van der Waals surface area contributed by atoms with Crippen LogP contribution in [0.1, 0.15) is 32.1 Å². The van der Waals surface area contributed by atoms with Crippen LogP contribution in [0.5, 0.6) is 0 Å². The number of carbonyl (C=O) groups excluding carboxylic acids is 1. The molecule has 0 aromatic rings. The van der Waals surface area contributed by atoms with Crippen LogP contribution in [-0.4, -0.2) is 8.66 Å². The van der Waals surface area contributed by atoms with Crippen molar-refractivity contribution >= 4 is 39.4 Å². The number of halogens is 2. The lowest BCUT2D eigenvalue weighted by molar-refractivity contribution is -0.120. The third-order valence-electron chi connectivity index (χ3n) is 3.18. The minimum atomic E-state index is -0.108. The highest BCUT2D eigenvalue weighted by Gasteiger charge is 2.56. The summed E-state index contributed by atoms with van der Waals surface area (Å²) in [5, 5.41) is -0.0893. The second-order valence-corrected chi connectivity index (χ2v) is 6.51. The highest BCUT2D eigenvalue weighted by Crippen LogP contribution is 2.61. The SMILES string of the molecule is O=C(Cl)C12CCC(I)(CC1)C2. The van der Waals surface area contributed by atoms with Gasteiger partial charge >= 0.3 is 0 Å². The van der Waals surface area contributed by atoms with Gasteiger partial charge in [0, 0.05) is 8.84 Å². The largest absolute Gasteiger partial charge is 0.281 e. The summed E-state index contributed by atoms with van der Waals surface area (Å²) in [7, 11) is 0. The van der Waals surface area contributed by atoms with Crippen molar-refractivity contribution in [3.8, 4) is 0 Å². The maximum absolute atomic E-state index is 11.1. The molecule has 2 aliphatic carbocycles. The van der Waals surface area contributed by atoms with Gasteiger partial charge in [-0.1, -0.05) is 22.6 Å². The van der Waals surface area contributed by atoms with Crippen LogP contribution < -0.4 is 0 Å². The molecule has 0 radical (unpaired) electrons. The van der Waals surface area contributed by atoms with Gasteiger partial charge in [-0.2, -0.15) is 0 Å². The maximum Gasteiger partial charge on any atom is 0.227 e. The van der Waals surface area contributed by atoms with Crippen LogP contribution in [0.3, 0.4) is 0 Å². The molecule has 3 heteroatoms. The number of carbonyl (C=O) groups is 1. The topological polar surface area (TPSA) is 17.1 Å². The molecule has 0 amide bonds. The average Bonchev–Trinajstić information content (AvgIpc) is 2.42. The molecule has 0 heterocycles. The highest BCUT2D eigenvalue weighted by molar-refractivity contribution is 14.1. The van der Waals surface area contributed by atoms with Gasteiger partial charge in [-0.25, -0.2) is 0 Å². The van der Waals surface area contributed by atoms with E-state index < -0.39 is 0 Å². The van der Waals surface area contributed by atoms with E-state index in [-0.39, 0.29) is 10.7 Å². The van der Waals surface area contributed by atoms with Crippen molar-refractivity contribution in [2.24, 2.45) is 5.41 Å². The first-order valence-corrected chi connectivity index (χ1v) is 5.41. The second kappa shape index (κ2) is 2.34. The Morgan fingerprint density at radius 3 is 2.00 bits per heavy atom. The summed E-state index contributed by atoms with van der Waals surface area (Å²) < 4.78 is 0.419. The van der Waals surface area contributed by atoms with E-state index in [0.29, 0.717) is 3.42 Å². The lowest BCUT2D eigenvalue weighted by Crippen LogP contribution is -2.21. The van der Waals surface area contributed by atoms with Gasteiger partial charge in [-0.15, -0.1) is 0 Å². The molecule has 0 unspecified atom stereocenters. The number of hydrogen-bond donors (Lipinski definition) is 0. The van der Waals surface area contributed by atoms with E-state index in [1.54, 1.807) is 0 Å². The predicted molar refractivity (Wildman–Crippen MR) is 53.1 cm³/mol. The molecule has 0 aromatic heterocycles. The van der Waals surface area contributed by atoms with Gasteiger partial charge in [-0.05, 0) is 43.7 Å². The zero-order chi connectivity index (χ0) is 8.11. The summed E-state index contributed by atoms with van der Waals surface area (Å²) in [6, 6.07) is 0. The fourth-order valence-electron chi connectivity index (χ4n) is 2.40. The van der Waals surface area contributed by atoms with Crippen molar-refractivity contribution < 1.29 is 4.79 Å². The standard InChI is InChI=1S/C8H10ClIO/c9-6(11)7-1-3-8(10,5-7)4-2-7/h1-5H2. The Hall–Kier alpha value is 0.690. The molecule has 11 heavy (non-hydrogen) atoms. The van der Waals surface area contributed by atoms with Gasteiger partial charge in [0.15, 0.2) is 0 Å². The molecule has 2 saturated carbocycles. The van der Waals surface area contributed by atoms with Gasteiger partial charge in [-0.3, -0.25) is 4.79 Å². The molecule has 2 rings (SSSR count). The number of rotatable bonds is 1. The van der Waals surface area contributed by atoms with Gasteiger partial charge in [0.2, 0.25) is 5.24 Å². The van der Waals surface area contributed by atoms with Crippen molar-refractivity contribution in [1.82, 2.24) is 0 Å². The van der Waals surface area contributed by atoms with Crippen LogP contribution in [0, 0.1) is 5.41 Å². The fourth-order valence-corrected chi connectivity index (χ4v) is 3.93. The molecule has 0 aliphatic heterocycles. The third-order valence-corrected chi connectivity index (χ3v) is 5.04. The maximum atomic E-state index is 11.1. The van der Waals surface area contributed by atoms with E-state index in [9.17, 15) is 4.79 Å². The Bertz CT molecular complexity index is 206. The van der Waals surface area contributed by atoms with Crippen LogP contribution in [0.15, 0.2) is 0 Å². The van der Waals surface area contributed by atoms with Crippen LogP contribution in [-0.2, 0) is 4.79 Å². The Labute approximate surface area is 85.0 Å². The lowest BCUT2D eigenvalue weighted by atomic mass is 9.86. The summed E-state index contributed by atoms with van der Waals surface area (Å²) in [4.78, 5) is 11.1. The molecule has 2 bridgehead atoms. The van der Waals surface area contributed by atoms with Crippen LogP contribution >= 0.6 is 34.2 Å². The van der Waals surface area contributed by atoms with Crippen molar-refractivity contribution in [1.29, 1.82) is 0 Å². The van der Waals surface area contributed by atoms with Crippen LogP contribution in [0.4, 0.5) is 0 Å². The molecule has 0 N–H and O–H groups in total. The highest BCUT2D eigenvalue weighted by atomic mass is 127. The average molecular weight is 285 g/mol. The van der Waals surface area contributed by atoms with Crippen LogP contribution in [0.2, 0.25) is 0 Å². The second-order valence-electron chi connectivity index (χ2n) is 3.88. The zero-order valence-corrected chi connectivity index (χ0v) is 9.11. The molecule has 1 nitrogen and oxygen atoms in total.